The summed E-state index contributed by atoms with van der Waals surface area (Å²) in [7, 11) is 0. The predicted molar refractivity (Wildman–Crippen MR) is 153 cm³/mol. The van der Waals surface area contributed by atoms with Gasteiger partial charge in [-0.1, -0.05) is 36.2 Å². The molecule has 1 aliphatic carbocycles. The van der Waals surface area contributed by atoms with Crippen LogP contribution in [0.1, 0.15) is 76.0 Å². The van der Waals surface area contributed by atoms with Gasteiger partial charge < -0.3 is 9.80 Å². The van der Waals surface area contributed by atoms with Crippen molar-refractivity contribution in [2.75, 3.05) is 32.7 Å². The minimum Gasteiger partial charge on any atom is -0.341 e. The lowest BCUT2D eigenvalue weighted by atomic mass is 9.83. The van der Waals surface area contributed by atoms with E-state index >= 15 is 0 Å². The summed E-state index contributed by atoms with van der Waals surface area (Å²) < 4.78 is 28.7. The van der Waals surface area contributed by atoms with Gasteiger partial charge in [0.05, 0.1) is 12.0 Å². The van der Waals surface area contributed by atoms with Crippen LogP contribution in [0, 0.1) is 23.5 Å². The van der Waals surface area contributed by atoms with Crippen LogP contribution in [0.2, 0.25) is 5.02 Å². The molecule has 0 aromatic heterocycles. The summed E-state index contributed by atoms with van der Waals surface area (Å²) in [4.78, 5) is 33.8. The number of benzene rings is 2. The number of carbonyl (C=O) groups is 2. The van der Waals surface area contributed by atoms with Crippen molar-refractivity contribution in [2.45, 2.75) is 70.4 Å². The Morgan fingerprint density at radius 1 is 0.875 bits per heavy atom. The first-order chi connectivity index (χ1) is 19.0. The lowest BCUT2D eigenvalue weighted by Gasteiger charge is -2.41. The van der Waals surface area contributed by atoms with E-state index < -0.39 is 17.6 Å². The molecular weight excluding hydrogens is 532 g/mol. The van der Waals surface area contributed by atoms with E-state index in [1.807, 2.05) is 34.1 Å². The number of hydrogen-bond acceptors (Lipinski definition) is 3. The van der Waals surface area contributed by atoms with E-state index in [0.717, 1.165) is 43.7 Å². The van der Waals surface area contributed by atoms with E-state index in [-0.39, 0.29) is 35.2 Å². The van der Waals surface area contributed by atoms with E-state index in [9.17, 15) is 18.4 Å². The number of carbonyl (C=O) groups excluding carboxylic acids is 2. The van der Waals surface area contributed by atoms with Gasteiger partial charge in [-0.2, -0.15) is 0 Å². The lowest BCUT2D eigenvalue weighted by molar-refractivity contribution is -0.144. The molecule has 0 unspecified atom stereocenters. The van der Waals surface area contributed by atoms with Crippen LogP contribution in [-0.4, -0.2) is 64.8 Å². The van der Waals surface area contributed by atoms with Crippen molar-refractivity contribution in [1.29, 1.82) is 0 Å². The highest BCUT2D eigenvalue weighted by Gasteiger charge is 2.45. The first-order valence-corrected chi connectivity index (χ1v) is 15.0. The standard InChI is InChI=1S/C32H40ClF2N3O2/c1-32(2,3)37-19-26(25-14-13-24(34)18-28(25)35)27(20-37)31(40)36-15-5-8-29(21-9-11-23(33)12-10-21)38(17-16-36)30(39)22-6-4-7-22/h9-14,18,22,26-27,29H,4-8,15-17,19-20H2,1-3H3/t26-,27+,29-/m0/s1. The Balaban J connectivity index is 1.38. The highest BCUT2D eigenvalue weighted by molar-refractivity contribution is 6.30. The summed E-state index contributed by atoms with van der Waals surface area (Å²) >= 11 is 6.15. The van der Waals surface area contributed by atoms with Crippen LogP contribution in [0.15, 0.2) is 42.5 Å². The lowest BCUT2D eigenvalue weighted by Crippen LogP contribution is -2.49. The van der Waals surface area contributed by atoms with E-state index in [1.165, 1.54) is 12.1 Å². The average molecular weight is 572 g/mol. The fraction of sp³-hybridized carbons (Fsp3) is 0.562. The van der Waals surface area contributed by atoms with Gasteiger partial charge in [-0.3, -0.25) is 14.5 Å². The predicted octanol–water partition coefficient (Wildman–Crippen LogP) is 6.42. The van der Waals surface area contributed by atoms with Gasteiger partial charge in [0, 0.05) is 61.2 Å². The smallest absolute Gasteiger partial charge is 0.227 e. The summed E-state index contributed by atoms with van der Waals surface area (Å²) in [5.41, 5.74) is 1.26. The second kappa shape index (κ2) is 11.8. The zero-order chi connectivity index (χ0) is 28.6. The van der Waals surface area contributed by atoms with Crippen LogP contribution in [-0.2, 0) is 9.59 Å². The molecule has 0 bridgehead atoms. The second-order valence-corrected chi connectivity index (χ2v) is 13.1. The molecular formula is C32H40ClF2N3O2. The van der Waals surface area contributed by atoms with E-state index in [1.54, 1.807) is 0 Å². The van der Waals surface area contributed by atoms with E-state index in [0.29, 0.717) is 43.3 Å². The number of halogens is 3. The monoisotopic (exact) mass is 571 g/mol. The maximum atomic E-state index is 15.0. The Labute approximate surface area is 241 Å². The summed E-state index contributed by atoms with van der Waals surface area (Å²) in [5.74, 6) is -1.82. The largest absolute Gasteiger partial charge is 0.341 e. The van der Waals surface area contributed by atoms with Crippen LogP contribution in [0.5, 0.6) is 0 Å². The number of hydrogen-bond donors (Lipinski definition) is 0. The molecule has 5 rings (SSSR count). The number of nitrogens with zero attached hydrogens (tertiary/aromatic N) is 3. The maximum Gasteiger partial charge on any atom is 0.227 e. The Kier molecular flexibility index (Phi) is 8.53. The van der Waals surface area contributed by atoms with Crippen molar-refractivity contribution >= 4 is 23.4 Å². The molecule has 3 fully saturated rings. The average Bonchev–Trinajstić information content (AvgIpc) is 3.29. The molecule has 5 nitrogen and oxygen atoms in total. The summed E-state index contributed by atoms with van der Waals surface area (Å²) in [6, 6.07) is 11.4. The first-order valence-electron chi connectivity index (χ1n) is 14.6. The molecule has 2 aromatic carbocycles. The van der Waals surface area contributed by atoms with Crippen molar-refractivity contribution in [3.8, 4) is 0 Å². The van der Waals surface area contributed by atoms with Gasteiger partial charge in [-0.05, 0) is 75.8 Å². The summed E-state index contributed by atoms with van der Waals surface area (Å²) in [6.07, 6.45) is 4.41. The second-order valence-electron chi connectivity index (χ2n) is 12.6. The molecule has 2 saturated heterocycles. The number of amides is 2. The van der Waals surface area contributed by atoms with Crippen LogP contribution >= 0.6 is 11.6 Å². The number of rotatable bonds is 4. The molecule has 8 heteroatoms. The SMILES string of the molecule is CC(C)(C)N1C[C@@H](C(=O)N2CCC[C@@H](c3ccc(Cl)cc3)N(C(=O)C3CCC3)CC2)[C@H](c2ccc(F)cc2F)C1. The van der Waals surface area contributed by atoms with Crippen molar-refractivity contribution in [2.24, 2.45) is 11.8 Å². The molecule has 3 atom stereocenters. The van der Waals surface area contributed by atoms with Gasteiger partial charge in [0.1, 0.15) is 11.6 Å². The minimum atomic E-state index is -0.620. The molecule has 2 aromatic rings. The molecule has 2 heterocycles. The molecule has 1 saturated carbocycles. The Morgan fingerprint density at radius 2 is 1.60 bits per heavy atom. The summed E-state index contributed by atoms with van der Waals surface area (Å²) in [6.45, 7) is 8.79. The Hall–Kier alpha value is -2.51. The maximum absolute atomic E-state index is 15.0. The third kappa shape index (κ3) is 6.06. The number of likely N-dealkylation sites (tertiary alicyclic amines) is 1. The minimum absolute atomic E-state index is 0.0125. The van der Waals surface area contributed by atoms with Gasteiger partial charge >= 0.3 is 0 Å². The van der Waals surface area contributed by atoms with Crippen molar-refractivity contribution in [3.05, 3.63) is 70.2 Å². The quantitative estimate of drug-likeness (QED) is 0.425. The Bertz CT molecular complexity index is 1230. The summed E-state index contributed by atoms with van der Waals surface area (Å²) in [5, 5.41) is 0.663. The van der Waals surface area contributed by atoms with Crippen molar-refractivity contribution in [1.82, 2.24) is 14.7 Å². The van der Waals surface area contributed by atoms with Gasteiger partial charge in [-0.25, -0.2) is 8.78 Å². The van der Waals surface area contributed by atoms with Crippen LogP contribution in [0.4, 0.5) is 8.78 Å². The van der Waals surface area contributed by atoms with Gasteiger partial charge in [0.2, 0.25) is 11.8 Å². The Morgan fingerprint density at radius 3 is 2.23 bits per heavy atom. The van der Waals surface area contributed by atoms with E-state index in [4.69, 9.17) is 11.6 Å². The van der Waals surface area contributed by atoms with Gasteiger partial charge in [0.25, 0.3) is 0 Å². The molecule has 0 radical (unpaired) electrons. The topological polar surface area (TPSA) is 43.9 Å². The zero-order valence-corrected chi connectivity index (χ0v) is 24.5. The molecule has 2 amide bonds. The first kappa shape index (κ1) is 29.0. The fourth-order valence-corrected chi connectivity index (χ4v) is 6.61. The van der Waals surface area contributed by atoms with Gasteiger partial charge in [-0.15, -0.1) is 0 Å². The van der Waals surface area contributed by atoms with Crippen LogP contribution in [0.25, 0.3) is 0 Å². The normalized spacial score (nSPS) is 24.9. The molecule has 216 valence electrons. The highest BCUT2D eigenvalue weighted by atomic mass is 35.5. The molecule has 3 aliphatic rings. The van der Waals surface area contributed by atoms with E-state index in [2.05, 4.69) is 25.7 Å². The van der Waals surface area contributed by atoms with Crippen molar-refractivity contribution < 1.29 is 18.4 Å². The van der Waals surface area contributed by atoms with Crippen LogP contribution in [0.3, 0.4) is 0 Å². The van der Waals surface area contributed by atoms with Gasteiger partial charge in [0.15, 0.2) is 0 Å². The zero-order valence-electron chi connectivity index (χ0n) is 23.7. The molecule has 0 spiro atoms. The third-order valence-corrected chi connectivity index (χ3v) is 9.40. The molecule has 0 N–H and O–H groups in total. The van der Waals surface area contributed by atoms with Crippen LogP contribution < -0.4 is 0 Å². The molecule has 2 aliphatic heterocycles. The fourth-order valence-electron chi connectivity index (χ4n) is 6.49. The van der Waals surface area contributed by atoms with Crippen molar-refractivity contribution in [3.63, 3.8) is 0 Å². The molecule has 40 heavy (non-hydrogen) atoms. The highest BCUT2D eigenvalue weighted by Crippen LogP contribution is 2.39. The third-order valence-electron chi connectivity index (χ3n) is 9.14.